The number of rotatable bonds is 4. The summed E-state index contributed by atoms with van der Waals surface area (Å²) in [6.07, 6.45) is 0. The Morgan fingerprint density at radius 1 is 0.741 bits per heavy atom. The summed E-state index contributed by atoms with van der Waals surface area (Å²) in [7, 11) is 0. The molecule has 0 unspecified atom stereocenters. The van der Waals surface area contributed by atoms with E-state index in [-0.39, 0.29) is 11.8 Å². The van der Waals surface area contributed by atoms with Gasteiger partial charge in [0.15, 0.2) is 0 Å². The predicted octanol–water partition coefficient (Wildman–Crippen LogP) is 5.46. The molecule has 0 atom stereocenters. The Bertz CT molecular complexity index is 1010. The second-order valence-electron chi connectivity index (χ2n) is 6.27. The summed E-state index contributed by atoms with van der Waals surface area (Å²) in [4.78, 5) is 24.8. The van der Waals surface area contributed by atoms with Crippen molar-refractivity contribution in [3.8, 4) is 0 Å². The van der Waals surface area contributed by atoms with Gasteiger partial charge in [-0.1, -0.05) is 35.9 Å². The maximum Gasteiger partial charge on any atom is 0.257 e. The molecule has 0 saturated carbocycles. The summed E-state index contributed by atoms with van der Waals surface area (Å²) in [5, 5.41) is 6.03. The van der Waals surface area contributed by atoms with E-state index < -0.39 is 0 Å². The Balaban J connectivity index is 1.73. The van der Waals surface area contributed by atoms with E-state index >= 15 is 0 Å². The topological polar surface area (TPSA) is 58.2 Å². The van der Waals surface area contributed by atoms with Gasteiger partial charge < -0.3 is 10.6 Å². The molecule has 3 rings (SSSR count). The Kier molecular flexibility index (Phi) is 5.57. The van der Waals surface area contributed by atoms with Gasteiger partial charge in [0.25, 0.3) is 11.8 Å². The summed E-state index contributed by atoms with van der Waals surface area (Å²) >= 11 is 6.06. The van der Waals surface area contributed by atoms with Crippen LogP contribution in [0.1, 0.15) is 31.8 Å². The van der Waals surface area contributed by atoms with Crippen molar-refractivity contribution in [2.75, 3.05) is 10.6 Å². The van der Waals surface area contributed by atoms with Crippen LogP contribution in [-0.2, 0) is 0 Å². The standard InChI is InChI=1S/C22H19ClN2O2/c1-14-10-11-16(12-15(14)2)21(26)24-17-6-5-7-18(13-17)25-22(27)19-8-3-4-9-20(19)23/h3-13H,1-2H3,(H,24,26)(H,25,27). The number of amides is 2. The number of hydrogen-bond donors (Lipinski definition) is 2. The normalized spacial score (nSPS) is 10.3. The fourth-order valence-corrected chi connectivity index (χ4v) is 2.83. The van der Waals surface area contributed by atoms with Crippen LogP contribution in [0.5, 0.6) is 0 Å². The fourth-order valence-electron chi connectivity index (χ4n) is 2.60. The van der Waals surface area contributed by atoms with Crippen LogP contribution in [0.15, 0.2) is 66.7 Å². The Morgan fingerprint density at radius 3 is 2.07 bits per heavy atom. The van der Waals surface area contributed by atoms with Crippen molar-refractivity contribution >= 4 is 34.8 Å². The molecule has 27 heavy (non-hydrogen) atoms. The number of carbonyl (C=O) groups excluding carboxylic acids is 2. The van der Waals surface area contributed by atoms with Gasteiger partial charge in [0.1, 0.15) is 0 Å². The Labute approximate surface area is 163 Å². The first-order valence-corrected chi connectivity index (χ1v) is 8.86. The van der Waals surface area contributed by atoms with E-state index in [0.29, 0.717) is 27.5 Å². The minimum Gasteiger partial charge on any atom is -0.322 e. The molecule has 2 N–H and O–H groups in total. The van der Waals surface area contributed by atoms with Crippen molar-refractivity contribution in [1.29, 1.82) is 0 Å². The van der Waals surface area contributed by atoms with Crippen LogP contribution >= 0.6 is 11.6 Å². The van der Waals surface area contributed by atoms with Crippen molar-refractivity contribution < 1.29 is 9.59 Å². The number of aryl methyl sites for hydroxylation is 2. The molecule has 3 aromatic rings. The number of nitrogens with one attached hydrogen (secondary N) is 2. The Hall–Kier alpha value is -3.11. The maximum atomic E-state index is 12.5. The lowest BCUT2D eigenvalue weighted by atomic mass is 10.1. The van der Waals surface area contributed by atoms with Gasteiger partial charge in [0, 0.05) is 16.9 Å². The molecule has 0 radical (unpaired) electrons. The van der Waals surface area contributed by atoms with Gasteiger partial charge in [-0.25, -0.2) is 0 Å². The first-order valence-electron chi connectivity index (χ1n) is 8.48. The van der Waals surface area contributed by atoms with Crippen LogP contribution in [0, 0.1) is 13.8 Å². The van der Waals surface area contributed by atoms with Gasteiger partial charge >= 0.3 is 0 Å². The largest absolute Gasteiger partial charge is 0.322 e. The second-order valence-corrected chi connectivity index (χ2v) is 6.68. The van der Waals surface area contributed by atoms with Gasteiger partial charge in [-0.05, 0) is 67.4 Å². The lowest BCUT2D eigenvalue weighted by molar-refractivity contribution is 0.101. The highest BCUT2D eigenvalue weighted by Crippen LogP contribution is 2.20. The minimum atomic E-state index is -0.307. The maximum absolute atomic E-state index is 12.5. The first kappa shape index (κ1) is 18.7. The summed E-state index contributed by atoms with van der Waals surface area (Å²) in [5.41, 5.74) is 4.33. The summed E-state index contributed by atoms with van der Waals surface area (Å²) in [5.74, 6) is -0.508. The fraction of sp³-hybridized carbons (Fsp3) is 0.0909. The van der Waals surface area contributed by atoms with E-state index in [1.165, 1.54) is 0 Å². The molecule has 0 heterocycles. The Morgan fingerprint density at radius 2 is 1.41 bits per heavy atom. The molecule has 0 bridgehead atoms. The van der Waals surface area contributed by atoms with Gasteiger partial charge in [-0.2, -0.15) is 0 Å². The number of carbonyl (C=O) groups is 2. The van der Waals surface area contributed by atoms with Gasteiger partial charge in [-0.3, -0.25) is 9.59 Å². The zero-order valence-electron chi connectivity index (χ0n) is 15.0. The molecule has 0 fully saturated rings. The molecule has 5 heteroatoms. The third-order valence-corrected chi connectivity index (χ3v) is 4.60. The van der Waals surface area contributed by atoms with Gasteiger partial charge in [-0.15, -0.1) is 0 Å². The molecule has 2 amide bonds. The highest BCUT2D eigenvalue weighted by Gasteiger charge is 2.11. The lowest BCUT2D eigenvalue weighted by Gasteiger charge is -2.10. The van der Waals surface area contributed by atoms with Crippen LogP contribution in [0.2, 0.25) is 5.02 Å². The molecule has 0 aliphatic carbocycles. The zero-order chi connectivity index (χ0) is 19.4. The number of hydrogen-bond acceptors (Lipinski definition) is 2. The molecule has 0 saturated heterocycles. The summed E-state index contributed by atoms with van der Waals surface area (Å²) in [6, 6.07) is 19.4. The third kappa shape index (κ3) is 4.54. The smallest absolute Gasteiger partial charge is 0.257 e. The molecular weight excluding hydrogens is 360 g/mol. The molecular formula is C22H19ClN2O2. The number of halogens is 1. The van der Waals surface area contributed by atoms with Crippen LogP contribution in [-0.4, -0.2) is 11.8 Å². The van der Waals surface area contributed by atoms with E-state index in [2.05, 4.69) is 10.6 Å². The molecule has 3 aromatic carbocycles. The van der Waals surface area contributed by atoms with Crippen LogP contribution in [0.4, 0.5) is 11.4 Å². The molecule has 0 aromatic heterocycles. The monoisotopic (exact) mass is 378 g/mol. The van der Waals surface area contributed by atoms with Crippen LogP contribution in [0.25, 0.3) is 0 Å². The quantitative estimate of drug-likeness (QED) is 0.633. The van der Waals surface area contributed by atoms with E-state index in [4.69, 9.17) is 11.6 Å². The third-order valence-electron chi connectivity index (χ3n) is 4.27. The minimum absolute atomic E-state index is 0.201. The number of benzene rings is 3. The average Bonchev–Trinajstić information content (AvgIpc) is 2.64. The van der Waals surface area contributed by atoms with E-state index in [1.54, 1.807) is 54.6 Å². The zero-order valence-corrected chi connectivity index (χ0v) is 15.8. The average molecular weight is 379 g/mol. The number of anilines is 2. The lowest BCUT2D eigenvalue weighted by Crippen LogP contribution is -2.14. The van der Waals surface area contributed by atoms with Crippen molar-refractivity contribution in [1.82, 2.24) is 0 Å². The van der Waals surface area contributed by atoms with Crippen molar-refractivity contribution in [3.63, 3.8) is 0 Å². The predicted molar refractivity (Wildman–Crippen MR) is 110 cm³/mol. The highest BCUT2D eigenvalue weighted by atomic mass is 35.5. The van der Waals surface area contributed by atoms with Crippen molar-refractivity contribution in [2.24, 2.45) is 0 Å². The van der Waals surface area contributed by atoms with E-state index in [1.807, 2.05) is 26.0 Å². The molecule has 136 valence electrons. The van der Waals surface area contributed by atoms with Crippen LogP contribution in [0.3, 0.4) is 0 Å². The van der Waals surface area contributed by atoms with Crippen LogP contribution < -0.4 is 10.6 Å². The van der Waals surface area contributed by atoms with Gasteiger partial charge in [0.05, 0.1) is 10.6 Å². The second kappa shape index (κ2) is 8.06. The molecule has 0 aliphatic heterocycles. The van der Waals surface area contributed by atoms with E-state index in [9.17, 15) is 9.59 Å². The molecule has 0 spiro atoms. The van der Waals surface area contributed by atoms with E-state index in [0.717, 1.165) is 11.1 Å². The van der Waals surface area contributed by atoms with Crippen molar-refractivity contribution in [2.45, 2.75) is 13.8 Å². The first-order chi connectivity index (χ1) is 12.9. The van der Waals surface area contributed by atoms with Gasteiger partial charge in [0.2, 0.25) is 0 Å². The summed E-state index contributed by atoms with van der Waals surface area (Å²) in [6.45, 7) is 3.97. The molecule has 0 aliphatic rings. The highest BCUT2D eigenvalue weighted by molar-refractivity contribution is 6.34. The SMILES string of the molecule is Cc1ccc(C(=O)Nc2cccc(NC(=O)c3ccccc3Cl)c2)cc1C. The molecule has 4 nitrogen and oxygen atoms in total. The summed E-state index contributed by atoms with van der Waals surface area (Å²) < 4.78 is 0. The van der Waals surface area contributed by atoms with Crippen molar-refractivity contribution in [3.05, 3.63) is 94.0 Å².